The Morgan fingerprint density at radius 3 is 2.86 bits per heavy atom. The predicted molar refractivity (Wildman–Crippen MR) is 109 cm³/mol. The van der Waals surface area contributed by atoms with Crippen LogP contribution in [0.15, 0.2) is 42.6 Å². The fourth-order valence-electron chi connectivity index (χ4n) is 3.68. The molecule has 28 heavy (non-hydrogen) atoms. The number of aryl methyl sites for hydroxylation is 1. The zero-order chi connectivity index (χ0) is 19.8. The molecule has 2 heterocycles. The molecule has 0 spiro atoms. The Morgan fingerprint density at radius 2 is 2.14 bits per heavy atom. The number of carbonyl (C=O) groups is 1. The first-order chi connectivity index (χ1) is 13.4. The van der Waals surface area contributed by atoms with Gasteiger partial charge in [-0.25, -0.2) is 9.37 Å². The van der Waals surface area contributed by atoms with Crippen molar-refractivity contribution in [3.63, 3.8) is 0 Å². The summed E-state index contributed by atoms with van der Waals surface area (Å²) in [6.07, 6.45) is 2.87. The fraction of sp³-hybridized carbons (Fsp3) is 0.318. The van der Waals surface area contributed by atoms with Crippen LogP contribution in [0.1, 0.15) is 31.2 Å². The Morgan fingerprint density at radius 1 is 1.32 bits per heavy atom. The number of allylic oxidation sites excluding steroid dienone is 1. The van der Waals surface area contributed by atoms with E-state index in [4.69, 9.17) is 4.74 Å². The van der Waals surface area contributed by atoms with Gasteiger partial charge in [0.05, 0.1) is 33.2 Å². The maximum atomic E-state index is 13.2. The summed E-state index contributed by atoms with van der Waals surface area (Å²) < 4.78 is 20.6. The maximum absolute atomic E-state index is 13.2. The van der Waals surface area contributed by atoms with Gasteiger partial charge < -0.3 is 4.74 Å². The highest BCUT2D eigenvalue weighted by molar-refractivity contribution is 7.18. The third kappa shape index (κ3) is 3.83. The number of carbonyl (C=O) groups excluding carboxylic acids is 1. The Hall–Kier alpha value is -2.60. The lowest BCUT2D eigenvalue weighted by atomic mass is 9.82. The van der Waals surface area contributed by atoms with E-state index in [2.05, 4.69) is 16.5 Å². The number of aromatic nitrogens is 2. The summed E-state index contributed by atoms with van der Waals surface area (Å²) in [4.78, 5) is 20.7. The smallest absolute Gasteiger partial charge is 0.141 e. The number of fused-ring (bicyclic) bond motifs is 1. The van der Waals surface area contributed by atoms with Crippen LogP contribution >= 0.6 is 11.3 Å². The largest absolute Gasteiger partial charge is 0.489 e. The van der Waals surface area contributed by atoms with E-state index in [9.17, 15) is 9.18 Å². The molecule has 2 aromatic heterocycles. The van der Waals surface area contributed by atoms with E-state index in [1.807, 2.05) is 26.0 Å². The number of nitrogens with zero attached hydrogens (tertiary/aromatic N) is 2. The molecule has 0 radical (unpaired) electrons. The van der Waals surface area contributed by atoms with Crippen LogP contribution in [-0.2, 0) is 4.79 Å². The minimum Gasteiger partial charge on any atom is -0.489 e. The van der Waals surface area contributed by atoms with Crippen molar-refractivity contribution in [2.75, 3.05) is 0 Å². The number of ketones is 1. The normalized spacial score (nSPS) is 18.5. The van der Waals surface area contributed by atoms with E-state index in [0.717, 1.165) is 38.5 Å². The number of Topliss-reactive ketones (excluding diaryl/α,β-unsaturated/α-hetero) is 1. The minimum absolute atomic E-state index is 0.116. The molecule has 4 nitrogen and oxygen atoms in total. The summed E-state index contributed by atoms with van der Waals surface area (Å²) in [5.74, 6) is 0.687. The van der Waals surface area contributed by atoms with Crippen molar-refractivity contribution in [3.05, 3.63) is 53.4 Å². The molecule has 1 saturated carbocycles. The van der Waals surface area contributed by atoms with Crippen LogP contribution < -0.4 is 4.74 Å². The summed E-state index contributed by atoms with van der Waals surface area (Å²) in [6, 6.07) is 6.91. The summed E-state index contributed by atoms with van der Waals surface area (Å²) in [6.45, 7) is 7.95. The molecule has 1 aliphatic carbocycles. The Bertz CT molecular complexity index is 1040. The van der Waals surface area contributed by atoms with Crippen LogP contribution in [0.25, 0.3) is 21.5 Å². The molecule has 2 atom stereocenters. The average molecular weight is 396 g/mol. The number of thiazole rings is 1. The van der Waals surface area contributed by atoms with Crippen LogP contribution in [-0.4, -0.2) is 21.9 Å². The molecule has 0 saturated heterocycles. The van der Waals surface area contributed by atoms with Gasteiger partial charge in [0, 0.05) is 24.3 Å². The molecule has 6 heteroatoms. The lowest BCUT2D eigenvalue weighted by Gasteiger charge is -2.28. The van der Waals surface area contributed by atoms with Crippen molar-refractivity contribution in [1.82, 2.24) is 9.97 Å². The van der Waals surface area contributed by atoms with Gasteiger partial charge in [-0.2, -0.15) is 0 Å². The first-order valence-corrected chi connectivity index (χ1v) is 10.1. The summed E-state index contributed by atoms with van der Waals surface area (Å²) in [5, 5.41) is 0.943. The Labute approximate surface area is 167 Å². The monoisotopic (exact) mass is 396 g/mol. The zero-order valence-corrected chi connectivity index (χ0v) is 16.7. The van der Waals surface area contributed by atoms with Crippen LogP contribution in [0.4, 0.5) is 4.39 Å². The highest BCUT2D eigenvalue weighted by atomic mass is 32.1. The number of rotatable bonds is 4. The Kier molecular flexibility index (Phi) is 4.98. The first-order valence-electron chi connectivity index (χ1n) is 9.27. The van der Waals surface area contributed by atoms with Crippen molar-refractivity contribution in [2.24, 2.45) is 5.92 Å². The van der Waals surface area contributed by atoms with Crippen LogP contribution in [0.3, 0.4) is 0 Å². The number of hydrogen-bond acceptors (Lipinski definition) is 5. The lowest BCUT2D eigenvalue weighted by molar-refractivity contribution is -0.121. The van der Waals surface area contributed by atoms with E-state index >= 15 is 0 Å². The number of halogens is 1. The van der Waals surface area contributed by atoms with Gasteiger partial charge in [-0.15, -0.1) is 11.3 Å². The van der Waals surface area contributed by atoms with Crippen molar-refractivity contribution >= 4 is 27.3 Å². The van der Waals surface area contributed by atoms with Gasteiger partial charge in [-0.1, -0.05) is 12.2 Å². The maximum Gasteiger partial charge on any atom is 0.141 e. The molecule has 1 aromatic carbocycles. The van der Waals surface area contributed by atoms with Gasteiger partial charge in [-0.05, 0) is 44.5 Å². The molecule has 4 rings (SSSR count). The lowest BCUT2D eigenvalue weighted by Crippen LogP contribution is -2.29. The first kappa shape index (κ1) is 18.7. The van der Waals surface area contributed by atoms with Gasteiger partial charge in [0.2, 0.25) is 0 Å². The Balaban J connectivity index is 1.69. The van der Waals surface area contributed by atoms with Crippen molar-refractivity contribution in [3.8, 4) is 17.0 Å². The summed E-state index contributed by atoms with van der Waals surface area (Å²) >= 11 is 1.57. The van der Waals surface area contributed by atoms with Crippen molar-refractivity contribution < 1.29 is 13.9 Å². The number of pyridine rings is 1. The number of ether oxygens (including phenoxy) is 1. The second kappa shape index (κ2) is 7.43. The van der Waals surface area contributed by atoms with E-state index < -0.39 is 0 Å². The van der Waals surface area contributed by atoms with Gasteiger partial charge in [0.25, 0.3) is 0 Å². The molecule has 144 valence electrons. The number of benzene rings is 1. The SMILES string of the molecule is C=C1CC(=O)C[C@@H]([C@@H](C)Oc2cc(-c3ccc(F)cn3)cc3nc(C)sc23)C1. The third-order valence-electron chi connectivity index (χ3n) is 5.05. The van der Waals surface area contributed by atoms with Gasteiger partial charge >= 0.3 is 0 Å². The van der Waals surface area contributed by atoms with E-state index in [1.165, 1.54) is 12.3 Å². The zero-order valence-electron chi connectivity index (χ0n) is 15.9. The third-order valence-corrected chi connectivity index (χ3v) is 6.05. The summed E-state index contributed by atoms with van der Waals surface area (Å²) in [7, 11) is 0. The van der Waals surface area contributed by atoms with E-state index in [0.29, 0.717) is 18.5 Å². The summed E-state index contributed by atoms with van der Waals surface area (Å²) in [5.41, 5.74) is 3.29. The van der Waals surface area contributed by atoms with Crippen LogP contribution in [0, 0.1) is 18.7 Å². The fourth-order valence-corrected chi connectivity index (χ4v) is 4.54. The highest BCUT2D eigenvalue weighted by Gasteiger charge is 2.28. The second-order valence-corrected chi connectivity index (χ2v) is 8.58. The van der Waals surface area contributed by atoms with E-state index in [1.54, 1.807) is 17.4 Å². The minimum atomic E-state index is -0.373. The molecule has 0 unspecified atom stereocenters. The predicted octanol–water partition coefficient (Wildman–Crippen LogP) is 5.50. The van der Waals surface area contributed by atoms with Gasteiger partial charge in [-0.3, -0.25) is 9.78 Å². The average Bonchev–Trinajstić information content (AvgIpc) is 3.02. The van der Waals surface area contributed by atoms with Crippen molar-refractivity contribution in [1.29, 1.82) is 0 Å². The molecule has 0 bridgehead atoms. The standard InChI is InChI=1S/C22H21FN2O2S/c1-12-6-15(8-18(26)7-12)13(2)27-21-10-16(19-5-4-17(23)11-24-19)9-20-22(21)28-14(3)25-20/h4-5,9-11,13,15H,1,6-8H2,2-3H3/t13-,15+/m1/s1. The molecular weight excluding hydrogens is 375 g/mol. The molecule has 0 aliphatic heterocycles. The van der Waals surface area contributed by atoms with Gasteiger partial charge in [0.15, 0.2) is 0 Å². The number of hydrogen-bond donors (Lipinski definition) is 0. The van der Waals surface area contributed by atoms with Gasteiger partial charge in [0.1, 0.15) is 17.3 Å². The molecule has 3 aromatic rings. The molecular formula is C22H21FN2O2S. The van der Waals surface area contributed by atoms with Crippen LogP contribution in [0.5, 0.6) is 5.75 Å². The van der Waals surface area contributed by atoms with Crippen molar-refractivity contribution in [2.45, 2.75) is 39.2 Å². The molecule has 1 aliphatic rings. The molecule has 0 N–H and O–H groups in total. The molecule has 0 amide bonds. The highest BCUT2D eigenvalue weighted by Crippen LogP contribution is 2.38. The van der Waals surface area contributed by atoms with Crippen LogP contribution in [0.2, 0.25) is 0 Å². The quantitative estimate of drug-likeness (QED) is 0.547. The molecule has 1 fully saturated rings. The van der Waals surface area contributed by atoms with E-state index in [-0.39, 0.29) is 23.6 Å². The topological polar surface area (TPSA) is 52.1 Å². The second-order valence-electron chi connectivity index (χ2n) is 7.37.